The number of amides is 1. The maximum atomic E-state index is 12.5. The smallest absolute Gasteiger partial charge is 0.266 e. The second-order valence-corrected chi connectivity index (χ2v) is 7.29. The lowest BCUT2D eigenvalue weighted by Crippen LogP contribution is -2.14. The highest BCUT2D eigenvalue weighted by molar-refractivity contribution is 6.32. The first-order chi connectivity index (χ1) is 14.5. The first-order valence-electron chi connectivity index (χ1n) is 9.99. The molecule has 1 N–H and O–H groups in total. The number of aryl methyl sites for hydroxylation is 1. The number of nitrogens with one attached hydrogen (secondary N) is 1. The molecule has 0 fully saturated rings. The van der Waals surface area contributed by atoms with Crippen LogP contribution in [0.1, 0.15) is 43.7 Å². The van der Waals surface area contributed by atoms with Gasteiger partial charge in [0.05, 0.1) is 18.7 Å². The summed E-state index contributed by atoms with van der Waals surface area (Å²) in [6.45, 7) is 4.59. The highest BCUT2D eigenvalue weighted by Gasteiger charge is 2.14. The van der Waals surface area contributed by atoms with Crippen LogP contribution in [0.15, 0.2) is 42.0 Å². The van der Waals surface area contributed by atoms with Crippen molar-refractivity contribution in [3.63, 3.8) is 0 Å². The lowest BCUT2D eigenvalue weighted by Gasteiger charge is -2.13. The van der Waals surface area contributed by atoms with Crippen molar-refractivity contribution in [3.05, 3.63) is 58.1 Å². The zero-order valence-corrected chi connectivity index (χ0v) is 18.4. The molecule has 0 atom stereocenters. The predicted molar refractivity (Wildman–Crippen MR) is 121 cm³/mol. The van der Waals surface area contributed by atoms with Gasteiger partial charge in [-0.05, 0) is 48.7 Å². The third-order valence-corrected chi connectivity index (χ3v) is 4.85. The Labute approximate surface area is 183 Å². The molecular formula is C24H27ClN2O3. The number of nitriles is 1. The molecule has 0 aliphatic rings. The van der Waals surface area contributed by atoms with Crippen LogP contribution >= 0.6 is 11.6 Å². The lowest BCUT2D eigenvalue weighted by molar-refractivity contribution is -0.112. The van der Waals surface area contributed by atoms with Gasteiger partial charge in [-0.2, -0.15) is 5.26 Å². The second kappa shape index (κ2) is 11.9. The van der Waals surface area contributed by atoms with E-state index < -0.39 is 5.91 Å². The molecule has 0 aliphatic heterocycles. The van der Waals surface area contributed by atoms with Gasteiger partial charge in [-0.25, -0.2) is 0 Å². The van der Waals surface area contributed by atoms with Gasteiger partial charge < -0.3 is 14.8 Å². The summed E-state index contributed by atoms with van der Waals surface area (Å²) in [7, 11) is 1.53. The van der Waals surface area contributed by atoms with E-state index in [1.165, 1.54) is 19.6 Å². The molecule has 6 heteroatoms. The Balaban J connectivity index is 2.19. The number of hydrogen-bond acceptors (Lipinski definition) is 4. The van der Waals surface area contributed by atoms with Gasteiger partial charge in [0.15, 0.2) is 11.5 Å². The number of benzene rings is 2. The van der Waals surface area contributed by atoms with Gasteiger partial charge in [0.1, 0.15) is 11.6 Å². The zero-order valence-electron chi connectivity index (χ0n) is 17.6. The van der Waals surface area contributed by atoms with E-state index in [1.807, 2.05) is 31.2 Å². The Bertz CT molecular complexity index is 948. The van der Waals surface area contributed by atoms with Crippen LogP contribution in [0, 0.1) is 18.3 Å². The second-order valence-electron chi connectivity index (χ2n) is 6.88. The van der Waals surface area contributed by atoms with Crippen LogP contribution in [0.25, 0.3) is 6.08 Å². The number of ether oxygens (including phenoxy) is 2. The predicted octanol–water partition coefficient (Wildman–Crippen LogP) is 6.16. The average Bonchev–Trinajstić information content (AvgIpc) is 2.74. The Morgan fingerprint density at radius 1 is 1.23 bits per heavy atom. The van der Waals surface area contributed by atoms with Gasteiger partial charge in [0.2, 0.25) is 0 Å². The number of carbonyl (C=O) groups excluding carboxylic acids is 1. The maximum absolute atomic E-state index is 12.5. The third kappa shape index (κ3) is 6.53. The monoisotopic (exact) mass is 426 g/mol. The van der Waals surface area contributed by atoms with E-state index in [0.29, 0.717) is 34.4 Å². The lowest BCUT2D eigenvalue weighted by atomic mass is 10.1. The van der Waals surface area contributed by atoms with Crippen molar-refractivity contribution in [2.24, 2.45) is 0 Å². The van der Waals surface area contributed by atoms with Crippen molar-refractivity contribution < 1.29 is 14.3 Å². The van der Waals surface area contributed by atoms with Crippen molar-refractivity contribution in [2.75, 3.05) is 19.0 Å². The Hall–Kier alpha value is -2.97. The number of nitrogens with zero attached hydrogens (tertiary/aromatic N) is 1. The SMILES string of the molecule is CCCCCCOc1c(Cl)cc(/C=C(/C#N)C(=O)Nc2ccccc2C)cc1OC. The molecule has 0 aliphatic carbocycles. The van der Waals surface area contributed by atoms with Gasteiger partial charge in [0, 0.05) is 5.69 Å². The highest BCUT2D eigenvalue weighted by atomic mass is 35.5. The van der Waals surface area contributed by atoms with Gasteiger partial charge in [0.25, 0.3) is 5.91 Å². The van der Waals surface area contributed by atoms with E-state index in [1.54, 1.807) is 18.2 Å². The number of rotatable bonds is 10. The first kappa shape index (κ1) is 23.3. The fraction of sp³-hybridized carbons (Fsp3) is 0.333. The molecule has 158 valence electrons. The fourth-order valence-electron chi connectivity index (χ4n) is 2.88. The topological polar surface area (TPSA) is 71.3 Å². The molecule has 5 nitrogen and oxygen atoms in total. The molecule has 0 radical (unpaired) electrons. The maximum Gasteiger partial charge on any atom is 0.266 e. The van der Waals surface area contributed by atoms with Crippen LogP contribution in [0.2, 0.25) is 5.02 Å². The number of carbonyl (C=O) groups is 1. The third-order valence-electron chi connectivity index (χ3n) is 4.57. The summed E-state index contributed by atoms with van der Waals surface area (Å²) in [5.74, 6) is 0.440. The van der Waals surface area contributed by atoms with Gasteiger partial charge >= 0.3 is 0 Å². The molecule has 0 bridgehead atoms. The largest absolute Gasteiger partial charge is 0.493 e. The van der Waals surface area contributed by atoms with E-state index in [4.69, 9.17) is 21.1 Å². The van der Waals surface area contributed by atoms with Gasteiger partial charge in [-0.1, -0.05) is 56.0 Å². The van der Waals surface area contributed by atoms with Crippen LogP contribution in [0.3, 0.4) is 0 Å². The molecule has 2 aromatic carbocycles. The molecule has 2 rings (SSSR count). The quantitative estimate of drug-likeness (QED) is 0.280. The van der Waals surface area contributed by atoms with E-state index in [9.17, 15) is 10.1 Å². The number of anilines is 1. The summed E-state index contributed by atoms with van der Waals surface area (Å²) in [5.41, 5.74) is 2.11. The van der Waals surface area contributed by atoms with Crippen molar-refractivity contribution in [1.29, 1.82) is 5.26 Å². The summed E-state index contributed by atoms with van der Waals surface area (Å²) in [5, 5.41) is 12.6. The summed E-state index contributed by atoms with van der Waals surface area (Å²) in [4.78, 5) is 12.5. The zero-order chi connectivity index (χ0) is 21.9. The molecule has 0 heterocycles. The van der Waals surface area contributed by atoms with E-state index in [2.05, 4.69) is 12.2 Å². The van der Waals surface area contributed by atoms with Gasteiger partial charge in [-0.15, -0.1) is 0 Å². The Morgan fingerprint density at radius 3 is 2.67 bits per heavy atom. The number of halogens is 1. The normalized spacial score (nSPS) is 11.0. The van der Waals surface area contributed by atoms with Crippen LogP contribution in [-0.4, -0.2) is 19.6 Å². The molecule has 0 unspecified atom stereocenters. The van der Waals surface area contributed by atoms with Crippen LogP contribution < -0.4 is 14.8 Å². The molecule has 2 aromatic rings. The number of para-hydroxylation sites is 1. The summed E-state index contributed by atoms with van der Waals surface area (Å²) in [6, 6.07) is 12.7. The number of hydrogen-bond donors (Lipinski definition) is 1. The molecule has 30 heavy (non-hydrogen) atoms. The molecule has 0 spiro atoms. The minimum absolute atomic E-state index is 0.0374. The number of methoxy groups -OCH3 is 1. The molecule has 1 amide bonds. The first-order valence-corrected chi connectivity index (χ1v) is 10.4. The number of unbranched alkanes of at least 4 members (excludes halogenated alkanes) is 3. The van der Waals surface area contributed by atoms with Crippen molar-refractivity contribution >= 4 is 29.3 Å². The minimum atomic E-state index is -0.488. The standard InChI is InChI=1S/C24H27ClN2O3/c1-4-5-6-9-12-30-23-20(25)14-18(15-22(23)29-3)13-19(16-26)24(28)27-21-11-8-7-10-17(21)2/h7-8,10-11,13-15H,4-6,9,12H2,1-3H3,(H,27,28)/b19-13-. The Kier molecular flexibility index (Phi) is 9.24. The summed E-state index contributed by atoms with van der Waals surface area (Å²) < 4.78 is 11.2. The highest BCUT2D eigenvalue weighted by Crippen LogP contribution is 2.37. The van der Waals surface area contributed by atoms with E-state index >= 15 is 0 Å². The van der Waals surface area contributed by atoms with Crippen LogP contribution in [-0.2, 0) is 4.79 Å². The molecule has 0 saturated heterocycles. The van der Waals surface area contributed by atoms with Crippen molar-refractivity contribution in [1.82, 2.24) is 0 Å². The summed E-state index contributed by atoms with van der Waals surface area (Å²) >= 11 is 6.39. The van der Waals surface area contributed by atoms with E-state index in [0.717, 1.165) is 24.8 Å². The van der Waals surface area contributed by atoms with E-state index in [-0.39, 0.29) is 5.57 Å². The average molecular weight is 427 g/mol. The van der Waals surface area contributed by atoms with Crippen molar-refractivity contribution in [2.45, 2.75) is 39.5 Å². The molecular weight excluding hydrogens is 400 g/mol. The molecule has 0 saturated carbocycles. The van der Waals surface area contributed by atoms with Crippen LogP contribution in [0.4, 0.5) is 5.69 Å². The fourth-order valence-corrected chi connectivity index (χ4v) is 3.16. The van der Waals surface area contributed by atoms with Crippen LogP contribution in [0.5, 0.6) is 11.5 Å². The van der Waals surface area contributed by atoms with Gasteiger partial charge in [-0.3, -0.25) is 4.79 Å². The van der Waals surface area contributed by atoms with Crippen molar-refractivity contribution in [3.8, 4) is 17.6 Å². The Morgan fingerprint density at radius 2 is 2.00 bits per heavy atom. The molecule has 0 aromatic heterocycles. The summed E-state index contributed by atoms with van der Waals surface area (Å²) in [6.07, 6.45) is 5.83. The minimum Gasteiger partial charge on any atom is -0.493 e.